The molecule has 1 N–H and O–H groups in total. The molecule has 0 fully saturated rings. The third-order valence-corrected chi connectivity index (χ3v) is 7.12. The molecule has 0 aliphatic heterocycles. The Morgan fingerprint density at radius 2 is 1.76 bits per heavy atom. The molecule has 0 spiro atoms. The molecule has 0 saturated heterocycles. The van der Waals surface area contributed by atoms with Gasteiger partial charge in [-0.25, -0.2) is 9.97 Å². The van der Waals surface area contributed by atoms with E-state index in [2.05, 4.69) is 11.4 Å². The normalized spacial score (nSPS) is 11.6. The van der Waals surface area contributed by atoms with Crippen LogP contribution in [-0.2, 0) is 6.42 Å². The Hall–Kier alpha value is -3.30. The van der Waals surface area contributed by atoms with Crippen molar-refractivity contribution in [1.82, 2.24) is 9.97 Å². The molecule has 1 aliphatic carbocycles. The topological polar surface area (TPSA) is 74.7 Å². The van der Waals surface area contributed by atoms with E-state index in [1.54, 1.807) is 32.7 Å². The van der Waals surface area contributed by atoms with E-state index in [9.17, 15) is 0 Å². The number of ether oxygens (including phenoxy) is 4. The minimum Gasteiger partial charge on any atom is -0.497 e. The average molecular weight is 482 g/mol. The van der Waals surface area contributed by atoms with Crippen LogP contribution in [0.25, 0.3) is 22.5 Å². The zero-order chi connectivity index (χ0) is 22.9. The fourth-order valence-electron chi connectivity index (χ4n) is 3.86. The number of anilines is 2. The molecule has 2 aromatic heterocycles. The summed E-state index contributed by atoms with van der Waals surface area (Å²) in [4.78, 5) is 10.8. The standard InChI is InChI=1S/C24H23N3O4S2/c1-5-31-20-11-16-13(8-19(20)30-4)9-21-22(16)26-24(33-21)27-23-25-17(12-32-23)15-7-6-14(28-2)10-18(15)29-3/h6-8,10-12H,5,9H2,1-4H3,(H,25,26,27). The third kappa shape index (κ3) is 3.98. The zero-order valence-electron chi connectivity index (χ0n) is 18.7. The van der Waals surface area contributed by atoms with Crippen molar-refractivity contribution in [2.24, 2.45) is 0 Å². The predicted octanol–water partition coefficient (Wildman–Crippen LogP) is 6.01. The first-order chi connectivity index (χ1) is 16.1. The van der Waals surface area contributed by atoms with Gasteiger partial charge in [0.05, 0.1) is 39.3 Å². The highest BCUT2D eigenvalue weighted by Gasteiger charge is 2.26. The van der Waals surface area contributed by atoms with Crippen LogP contribution in [0.4, 0.5) is 10.3 Å². The van der Waals surface area contributed by atoms with Gasteiger partial charge in [-0.3, -0.25) is 0 Å². The second-order valence-corrected chi connectivity index (χ2v) is 9.23. The van der Waals surface area contributed by atoms with E-state index in [0.717, 1.165) is 62.2 Å². The first-order valence-electron chi connectivity index (χ1n) is 10.4. The van der Waals surface area contributed by atoms with Crippen LogP contribution in [-0.4, -0.2) is 37.9 Å². The van der Waals surface area contributed by atoms with Gasteiger partial charge in [0, 0.05) is 33.9 Å². The van der Waals surface area contributed by atoms with E-state index < -0.39 is 0 Å². The molecule has 170 valence electrons. The van der Waals surface area contributed by atoms with Crippen LogP contribution in [0.15, 0.2) is 35.7 Å². The third-order valence-electron chi connectivity index (χ3n) is 5.40. The molecule has 1 aliphatic rings. The molecule has 0 saturated carbocycles. The van der Waals surface area contributed by atoms with E-state index in [4.69, 9.17) is 28.9 Å². The van der Waals surface area contributed by atoms with Crippen molar-refractivity contribution in [2.75, 3.05) is 33.3 Å². The quantitative estimate of drug-likeness (QED) is 0.291. The van der Waals surface area contributed by atoms with Gasteiger partial charge in [-0.15, -0.1) is 22.7 Å². The highest BCUT2D eigenvalue weighted by molar-refractivity contribution is 7.17. The molecule has 2 aromatic carbocycles. The van der Waals surface area contributed by atoms with Crippen molar-refractivity contribution in [3.63, 3.8) is 0 Å². The number of aromatic nitrogens is 2. The number of hydrogen-bond donors (Lipinski definition) is 1. The van der Waals surface area contributed by atoms with Gasteiger partial charge in [0.1, 0.15) is 11.5 Å². The monoisotopic (exact) mass is 481 g/mol. The van der Waals surface area contributed by atoms with Crippen LogP contribution in [0.3, 0.4) is 0 Å². The molecule has 0 unspecified atom stereocenters. The van der Waals surface area contributed by atoms with Gasteiger partial charge in [-0.2, -0.15) is 0 Å². The maximum absolute atomic E-state index is 5.76. The Bertz CT molecular complexity index is 1320. The number of rotatable bonds is 8. The van der Waals surface area contributed by atoms with Crippen molar-refractivity contribution < 1.29 is 18.9 Å². The van der Waals surface area contributed by atoms with Crippen molar-refractivity contribution >= 4 is 32.9 Å². The van der Waals surface area contributed by atoms with Gasteiger partial charge in [0.2, 0.25) is 0 Å². The number of nitrogens with zero attached hydrogens (tertiary/aromatic N) is 2. The first kappa shape index (κ1) is 21.5. The summed E-state index contributed by atoms with van der Waals surface area (Å²) in [5, 5.41) is 6.97. The summed E-state index contributed by atoms with van der Waals surface area (Å²) in [6.45, 7) is 2.55. The van der Waals surface area contributed by atoms with E-state index in [1.807, 2.05) is 36.6 Å². The highest BCUT2D eigenvalue weighted by atomic mass is 32.1. The predicted molar refractivity (Wildman–Crippen MR) is 132 cm³/mol. The van der Waals surface area contributed by atoms with E-state index in [0.29, 0.717) is 6.61 Å². The summed E-state index contributed by atoms with van der Waals surface area (Å²) in [5.74, 6) is 2.96. The molecule has 2 heterocycles. The molecule has 7 nitrogen and oxygen atoms in total. The summed E-state index contributed by atoms with van der Waals surface area (Å²) in [6.07, 6.45) is 0.832. The van der Waals surface area contributed by atoms with E-state index in [-0.39, 0.29) is 0 Å². The smallest absolute Gasteiger partial charge is 0.189 e. The molecular formula is C24H23N3O4S2. The summed E-state index contributed by atoms with van der Waals surface area (Å²) in [6, 6.07) is 9.80. The summed E-state index contributed by atoms with van der Waals surface area (Å²) >= 11 is 3.18. The second kappa shape index (κ2) is 8.92. The lowest BCUT2D eigenvalue weighted by atomic mass is 10.1. The average Bonchev–Trinajstić information content (AvgIpc) is 3.53. The maximum atomic E-state index is 5.76. The van der Waals surface area contributed by atoms with Gasteiger partial charge in [0.15, 0.2) is 21.8 Å². The minimum atomic E-state index is 0.581. The highest BCUT2D eigenvalue weighted by Crippen LogP contribution is 2.46. The fraction of sp³-hybridized carbons (Fsp3) is 0.250. The fourth-order valence-corrected chi connectivity index (χ4v) is 5.63. The summed E-state index contributed by atoms with van der Waals surface area (Å²) < 4.78 is 22.1. The molecule has 0 radical (unpaired) electrons. The van der Waals surface area contributed by atoms with Gasteiger partial charge in [0.25, 0.3) is 0 Å². The molecule has 5 rings (SSSR count). The van der Waals surface area contributed by atoms with Gasteiger partial charge < -0.3 is 24.3 Å². The Morgan fingerprint density at radius 3 is 2.52 bits per heavy atom. The second-order valence-electron chi connectivity index (χ2n) is 7.29. The SMILES string of the molecule is CCOc1cc2c(cc1OC)Cc1sc(Nc3nc(-c4ccc(OC)cc4OC)cs3)nc1-2. The Kier molecular flexibility index (Phi) is 5.82. The van der Waals surface area contributed by atoms with Crippen molar-refractivity contribution in [3.8, 4) is 45.5 Å². The number of methoxy groups -OCH3 is 3. The summed E-state index contributed by atoms with van der Waals surface area (Å²) in [7, 11) is 4.95. The van der Waals surface area contributed by atoms with E-state index >= 15 is 0 Å². The Morgan fingerprint density at radius 1 is 0.909 bits per heavy atom. The summed E-state index contributed by atoms with van der Waals surface area (Å²) in [5.41, 5.74) is 5.05. The van der Waals surface area contributed by atoms with Crippen LogP contribution >= 0.6 is 22.7 Å². The molecule has 4 aromatic rings. The first-order valence-corrected chi connectivity index (χ1v) is 12.1. The lowest BCUT2D eigenvalue weighted by Gasteiger charge is -2.11. The molecule has 9 heteroatoms. The van der Waals surface area contributed by atoms with Crippen molar-refractivity contribution in [3.05, 3.63) is 46.2 Å². The Balaban J connectivity index is 1.39. The van der Waals surface area contributed by atoms with Crippen LogP contribution in [0, 0.1) is 0 Å². The molecule has 0 bridgehead atoms. The van der Waals surface area contributed by atoms with Gasteiger partial charge in [-0.1, -0.05) is 0 Å². The largest absolute Gasteiger partial charge is 0.497 e. The van der Waals surface area contributed by atoms with Gasteiger partial charge in [-0.05, 0) is 36.8 Å². The molecular weight excluding hydrogens is 458 g/mol. The van der Waals surface area contributed by atoms with Crippen molar-refractivity contribution in [1.29, 1.82) is 0 Å². The Labute approximate surface area is 200 Å². The van der Waals surface area contributed by atoms with Crippen LogP contribution in [0.5, 0.6) is 23.0 Å². The minimum absolute atomic E-state index is 0.581. The van der Waals surface area contributed by atoms with E-state index in [1.165, 1.54) is 21.8 Å². The van der Waals surface area contributed by atoms with Crippen LogP contribution in [0.1, 0.15) is 17.4 Å². The van der Waals surface area contributed by atoms with Gasteiger partial charge >= 0.3 is 0 Å². The maximum Gasteiger partial charge on any atom is 0.189 e. The number of fused-ring (bicyclic) bond motifs is 3. The lowest BCUT2D eigenvalue weighted by molar-refractivity contribution is 0.311. The lowest BCUT2D eigenvalue weighted by Crippen LogP contribution is -1.97. The van der Waals surface area contributed by atoms with Crippen molar-refractivity contribution in [2.45, 2.75) is 13.3 Å². The van der Waals surface area contributed by atoms with Crippen LogP contribution in [0.2, 0.25) is 0 Å². The number of nitrogens with one attached hydrogen (secondary N) is 1. The molecule has 33 heavy (non-hydrogen) atoms. The number of benzene rings is 2. The molecule has 0 atom stereocenters. The molecule has 0 amide bonds. The van der Waals surface area contributed by atoms with Crippen LogP contribution < -0.4 is 24.3 Å². The number of hydrogen-bond acceptors (Lipinski definition) is 9. The number of thiazole rings is 2. The zero-order valence-corrected chi connectivity index (χ0v) is 20.4.